The summed E-state index contributed by atoms with van der Waals surface area (Å²) in [4.78, 5) is 9.33. The van der Waals surface area contributed by atoms with Crippen LogP contribution in [0.15, 0.2) is 18.3 Å². The molecular weight excluding hydrogens is 230 g/mol. The van der Waals surface area contributed by atoms with Crippen LogP contribution in [0.2, 0.25) is 0 Å². The minimum absolute atomic E-state index is 0.413. The second-order valence-electron chi connectivity index (χ2n) is 3.81. The number of hydrogen-bond donors (Lipinski definition) is 2. The molecule has 6 heteroatoms. The number of nitrogens with two attached hydrogens (primary N) is 2. The summed E-state index contributed by atoms with van der Waals surface area (Å²) in [6.07, 6.45) is 1.49. The van der Waals surface area contributed by atoms with Crippen molar-refractivity contribution in [1.82, 2.24) is 4.98 Å². The van der Waals surface area contributed by atoms with E-state index in [0.717, 1.165) is 5.39 Å². The summed E-state index contributed by atoms with van der Waals surface area (Å²) in [5.74, 6) is 0. The Balaban J connectivity index is 2.85. The lowest BCUT2D eigenvalue weighted by Crippen LogP contribution is -2.17. The average Bonchev–Trinajstić information content (AvgIpc) is 2.38. The molecule has 1 aromatic heterocycles. The Morgan fingerprint density at radius 1 is 1.33 bits per heavy atom. The number of nitrogens with zero attached hydrogens (tertiary/aromatic N) is 3. The maximum atomic E-state index is 9.12. The van der Waals surface area contributed by atoms with Gasteiger partial charge in [0.05, 0.1) is 35.3 Å². The molecule has 0 saturated heterocycles. The summed E-state index contributed by atoms with van der Waals surface area (Å²) in [6, 6.07) is 5.46. The Bertz CT molecular complexity index is 647. The Labute approximate surface area is 104 Å². The van der Waals surface area contributed by atoms with Crippen LogP contribution >= 0.6 is 0 Å². The first-order chi connectivity index (χ1) is 8.58. The monoisotopic (exact) mass is 243 g/mol. The van der Waals surface area contributed by atoms with Crippen molar-refractivity contribution < 1.29 is 4.84 Å². The summed E-state index contributed by atoms with van der Waals surface area (Å²) in [5.41, 5.74) is 14.1. The Morgan fingerprint density at radius 3 is 2.61 bits per heavy atom. The lowest BCUT2D eigenvalue weighted by Gasteiger charge is -2.19. The van der Waals surface area contributed by atoms with Crippen LogP contribution in [0.1, 0.15) is 5.56 Å². The Morgan fingerprint density at radius 2 is 2.00 bits per heavy atom. The van der Waals surface area contributed by atoms with Gasteiger partial charge < -0.3 is 11.5 Å². The van der Waals surface area contributed by atoms with Gasteiger partial charge in [0.25, 0.3) is 0 Å². The van der Waals surface area contributed by atoms with Crippen molar-refractivity contribution in [1.29, 1.82) is 5.26 Å². The zero-order valence-corrected chi connectivity index (χ0v) is 10.1. The SMILES string of the molecule is CON(C)c1c(C#N)cnc2cc(N)c(N)cc12. The van der Waals surface area contributed by atoms with E-state index in [1.165, 1.54) is 18.4 Å². The van der Waals surface area contributed by atoms with Crippen molar-refractivity contribution >= 4 is 28.0 Å². The summed E-state index contributed by atoms with van der Waals surface area (Å²) < 4.78 is 0. The number of anilines is 3. The standard InChI is InChI=1S/C12H13N5O/c1-17(18-2)12-7(5-13)6-16-11-4-10(15)9(14)3-8(11)12/h3-4,6H,14-15H2,1-2H3. The normalized spacial score (nSPS) is 10.3. The third kappa shape index (κ3) is 1.77. The van der Waals surface area contributed by atoms with Crippen molar-refractivity contribution in [3.8, 4) is 6.07 Å². The summed E-state index contributed by atoms with van der Waals surface area (Å²) >= 11 is 0. The molecule has 0 fully saturated rings. The molecule has 18 heavy (non-hydrogen) atoms. The molecule has 92 valence electrons. The molecule has 0 aliphatic carbocycles. The van der Waals surface area contributed by atoms with Gasteiger partial charge in [-0.3, -0.25) is 14.9 Å². The van der Waals surface area contributed by atoms with Crippen LogP contribution in [0.5, 0.6) is 0 Å². The topological polar surface area (TPSA) is 101 Å². The lowest BCUT2D eigenvalue weighted by molar-refractivity contribution is 0.185. The van der Waals surface area contributed by atoms with E-state index in [-0.39, 0.29) is 0 Å². The maximum Gasteiger partial charge on any atom is 0.103 e. The molecule has 0 atom stereocenters. The zero-order valence-electron chi connectivity index (χ0n) is 10.1. The highest BCUT2D eigenvalue weighted by Crippen LogP contribution is 2.32. The smallest absolute Gasteiger partial charge is 0.103 e. The molecule has 0 aliphatic rings. The van der Waals surface area contributed by atoms with Gasteiger partial charge in [-0.05, 0) is 12.1 Å². The molecule has 0 unspecified atom stereocenters. The molecule has 0 saturated carbocycles. The molecule has 0 amide bonds. The molecule has 0 bridgehead atoms. The minimum Gasteiger partial charge on any atom is -0.397 e. The molecule has 4 N–H and O–H groups in total. The van der Waals surface area contributed by atoms with E-state index in [1.54, 1.807) is 19.2 Å². The van der Waals surface area contributed by atoms with Gasteiger partial charge in [0.2, 0.25) is 0 Å². The molecular formula is C12H13N5O. The largest absolute Gasteiger partial charge is 0.397 e. The van der Waals surface area contributed by atoms with Gasteiger partial charge in [-0.25, -0.2) is 0 Å². The highest BCUT2D eigenvalue weighted by atomic mass is 16.7. The van der Waals surface area contributed by atoms with Gasteiger partial charge in [0, 0.05) is 18.6 Å². The zero-order chi connectivity index (χ0) is 13.3. The fraction of sp³-hybridized carbons (Fsp3) is 0.167. The molecule has 2 aromatic rings. The molecule has 0 spiro atoms. The van der Waals surface area contributed by atoms with Gasteiger partial charge in [-0.1, -0.05) is 0 Å². The minimum atomic E-state index is 0.413. The lowest BCUT2D eigenvalue weighted by atomic mass is 10.1. The second-order valence-corrected chi connectivity index (χ2v) is 3.81. The number of benzene rings is 1. The van der Waals surface area contributed by atoms with E-state index < -0.39 is 0 Å². The average molecular weight is 243 g/mol. The number of fused-ring (bicyclic) bond motifs is 1. The molecule has 1 heterocycles. The van der Waals surface area contributed by atoms with Crippen LogP contribution in [-0.2, 0) is 4.84 Å². The fourth-order valence-electron chi connectivity index (χ4n) is 1.77. The Hall–Kier alpha value is -2.52. The highest BCUT2D eigenvalue weighted by molar-refractivity contribution is 5.98. The summed E-state index contributed by atoms with van der Waals surface area (Å²) in [7, 11) is 3.23. The predicted molar refractivity (Wildman–Crippen MR) is 70.7 cm³/mol. The number of pyridine rings is 1. The van der Waals surface area contributed by atoms with Crippen LogP contribution in [-0.4, -0.2) is 19.1 Å². The quantitative estimate of drug-likeness (QED) is 0.608. The van der Waals surface area contributed by atoms with Crippen molar-refractivity contribution in [3.05, 3.63) is 23.9 Å². The summed E-state index contributed by atoms with van der Waals surface area (Å²) in [5, 5.41) is 11.3. The number of hydroxylamine groups is 1. The number of hydrogen-bond acceptors (Lipinski definition) is 6. The first-order valence-electron chi connectivity index (χ1n) is 5.24. The third-order valence-corrected chi connectivity index (χ3v) is 2.75. The van der Waals surface area contributed by atoms with Crippen molar-refractivity contribution in [3.63, 3.8) is 0 Å². The highest BCUT2D eigenvalue weighted by Gasteiger charge is 2.14. The Kier molecular flexibility index (Phi) is 2.92. The van der Waals surface area contributed by atoms with Crippen molar-refractivity contribution in [2.75, 3.05) is 30.7 Å². The number of nitriles is 1. The second kappa shape index (κ2) is 4.39. The molecule has 0 aliphatic heterocycles. The third-order valence-electron chi connectivity index (χ3n) is 2.75. The van der Waals surface area contributed by atoms with Gasteiger partial charge in [-0.15, -0.1) is 0 Å². The number of aromatic nitrogens is 1. The van der Waals surface area contributed by atoms with E-state index in [1.807, 2.05) is 0 Å². The van der Waals surface area contributed by atoms with Crippen LogP contribution in [0.4, 0.5) is 17.1 Å². The van der Waals surface area contributed by atoms with Gasteiger partial charge in [0.1, 0.15) is 6.07 Å². The van der Waals surface area contributed by atoms with E-state index in [4.69, 9.17) is 21.6 Å². The van der Waals surface area contributed by atoms with E-state index in [9.17, 15) is 0 Å². The van der Waals surface area contributed by atoms with Crippen LogP contribution < -0.4 is 16.5 Å². The van der Waals surface area contributed by atoms with Crippen molar-refractivity contribution in [2.24, 2.45) is 0 Å². The van der Waals surface area contributed by atoms with E-state index in [0.29, 0.717) is 28.1 Å². The van der Waals surface area contributed by atoms with E-state index >= 15 is 0 Å². The van der Waals surface area contributed by atoms with E-state index in [2.05, 4.69) is 11.1 Å². The van der Waals surface area contributed by atoms with Crippen LogP contribution in [0.3, 0.4) is 0 Å². The van der Waals surface area contributed by atoms with Gasteiger partial charge in [-0.2, -0.15) is 5.26 Å². The molecule has 2 rings (SSSR count). The van der Waals surface area contributed by atoms with Crippen LogP contribution in [0, 0.1) is 11.3 Å². The van der Waals surface area contributed by atoms with Crippen molar-refractivity contribution in [2.45, 2.75) is 0 Å². The molecule has 1 aromatic carbocycles. The molecule has 0 radical (unpaired) electrons. The summed E-state index contributed by atoms with van der Waals surface area (Å²) in [6.45, 7) is 0. The fourth-order valence-corrected chi connectivity index (χ4v) is 1.77. The first-order valence-corrected chi connectivity index (χ1v) is 5.24. The van der Waals surface area contributed by atoms with Gasteiger partial charge in [0.15, 0.2) is 0 Å². The van der Waals surface area contributed by atoms with Crippen LogP contribution in [0.25, 0.3) is 10.9 Å². The first kappa shape index (κ1) is 12.0. The number of nitrogen functional groups attached to an aromatic ring is 2. The van der Waals surface area contributed by atoms with Gasteiger partial charge >= 0.3 is 0 Å². The maximum absolute atomic E-state index is 9.12. The predicted octanol–water partition coefficient (Wildman–Crippen LogP) is 1.27. The number of rotatable bonds is 2. The molecule has 6 nitrogen and oxygen atoms in total.